The van der Waals surface area contributed by atoms with Crippen molar-refractivity contribution in [3.63, 3.8) is 0 Å². The second-order valence-corrected chi connectivity index (χ2v) is 10.2. The van der Waals surface area contributed by atoms with E-state index in [-0.39, 0.29) is 23.7 Å². The van der Waals surface area contributed by atoms with Gasteiger partial charge < -0.3 is 15.0 Å². The molecule has 1 N–H and O–H groups in total. The number of hydrogen-bond acceptors (Lipinski definition) is 3. The molecular formula is C30H33FN2O3. The minimum atomic E-state index is -0.677. The fourth-order valence-electron chi connectivity index (χ4n) is 4.55. The Morgan fingerprint density at radius 2 is 1.75 bits per heavy atom. The zero-order valence-corrected chi connectivity index (χ0v) is 21.3. The van der Waals surface area contributed by atoms with Crippen LogP contribution in [0.15, 0.2) is 72.8 Å². The molecule has 188 valence electrons. The van der Waals surface area contributed by atoms with Crippen molar-refractivity contribution >= 4 is 17.5 Å². The van der Waals surface area contributed by atoms with Gasteiger partial charge in [0, 0.05) is 17.6 Å². The Morgan fingerprint density at radius 3 is 2.39 bits per heavy atom. The standard InChI is InChI=1S/C30H33FN2O3/c1-5-26(28(34)32-23-9-7-6-8-10-23)36-24-16-13-20-17-18-33(29(35)30(2,3)4)27(25(20)19-24)21-11-14-22(31)15-12-21/h6-16,19,26-27H,5,17-18H2,1-4H3,(H,32,34)/t26-,27-/m0/s1. The molecule has 3 aromatic rings. The number of rotatable bonds is 6. The van der Waals surface area contributed by atoms with Crippen LogP contribution in [0.4, 0.5) is 10.1 Å². The van der Waals surface area contributed by atoms with Gasteiger partial charge in [0.05, 0.1) is 6.04 Å². The second-order valence-electron chi connectivity index (χ2n) is 10.2. The molecule has 6 heteroatoms. The van der Waals surface area contributed by atoms with E-state index in [9.17, 15) is 14.0 Å². The molecule has 0 spiro atoms. The molecule has 2 atom stereocenters. The molecule has 3 aromatic carbocycles. The number of halogens is 1. The summed E-state index contributed by atoms with van der Waals surface area (Å²) in [5.41, 5.74) is 3.02. The molecule has 0 unspecified atom stereocenters. The summed E-state index contributed by atoms with van der Waals surface area (Å²) in [7, 11) is 0. The Bertz CT molecular complexity index is 1220. The summed E-state index contributed by atoms with van der Waals surface area (Å²) < 4.78 is 19.9. The Morgan fingerprint density at radius 1 is 1.06 bits per heavy atom. The van der Waals surface area contributed by atoms with Crippen molar-refractivity contribution in [2.45, 2.75) is 52.7 Å². The zero-order chi connectivity index (χ0) is 25.9. The van der Waals surface area contributed by atoms with Crippen LogP contribution in [0.1, 0.15) is 56.8 Å². The zero-order valence-electron chi connectivity index (χ0n) is 21.3. The summed E-state index contributed by atoms with van der Waals surface area (Å²) in [5, 5.41) is 2.90. The molecule has 2 amide bonds. The fourth-order valence-corrected chi connectivity index (χ4v) is 4.55. The summed E-state index contributed by atoms with van der Waals surface area (Å²) in [6.45, 7) is 8.19. The quantitative estimate of drug-likeness (QED) is 0.453. The normalized spacial score (nSPS) is 16.1. The van der Waals surface area contributed by atoms with Crippen molar-refractivity contribution in [3.05, 3.63) is 95.3 Å². The van der Waals surface area contributed by atoms with Gasteiger partial charge in [-0.25, -0.2) is 4.39 Å². The number of nitrogens with zero attached hydrogens (tertiary/aromatic N) is 1. The molecule has 1 aliphatic heterocycles. The van der Waals surface area contributed by atoms with Crippen molar-refractivity contribution in [3.8, 4) is 5.75 Å². The number of para-hydroxylation sites is 1. The first-order valence-corrected chi connectivity index (χ1v) is 12.4. The number of hydrogen-bond donors (Lipinski definition) is 1. The second kappa shape index (κ2) is 10.5. The summed E-state index contributed by atoms with van der Waals surface area (Å²) in [6, 6.07) is 21.0. The van der Waals surface area contributed by atoms with E-state index in [0.717, 1.165) is 16.7 Å². The number of nitrogens with one attached hydrogen (secondary N) is 1. The number of carbonyl (C=O) groups is 2. The van der Waals surface area contributed by atoms with E-state index in [2.05, 4.69) is 5.32 Å². The van der Waals surface area contributed by atoms with Gasteiger partial charge in [0.15, 0.2) is 6.10 Å². The van der Waals surface area contributed by atoms with Crippen LogP contribution in [-0.2, 0) is 16.0 Å². The Hall–Kier alpha value is -3.67. The van der Waals surface area contributed by atoms with Crippen LogP contribution >= 0.6 is 0 Å². The molecule has 5 nitrogen and oxygen atoms in total. The maximum atomic E-state index is 13.7. The van der Waals surface area contributed by atoms with E-state index >= 15 is 0 Å². The Balaban J connectivity index is 1.66. The molecular weight excluding hydrogens is 455 g/mol. The number of carbonyl (C=O) groups excluding carboxylic acids is 2. The van der Waals surface area contributed by atoms with E-state index in [1.165, 1.54) is 12.1 Å². The van der Waals surface area contributed by atoms with E-state index in [0.29, 0.717) is 30.8 Å². The van der Waals surface area contributed by atoms with Crippen LogP contribution in [0.5, 0.6) is 5.75 Å². The molecule has 1 heterocycles. The van der Waals surface area contributed by atoms with Gasteiger partial charge in [-0.2, -0.15) is 0 Å². The molecule has 0 aromatic heterocycles. The number of amides is 2. The third-order valence-electron chi connectivity index (χ3n) is 6.42. The van der Waals surface area contributed by atoms with Gasteiger partial charge in [-0.15, -0.1) is 0 Å². The summed E-state index contributed by atoms with van der Waals surface area (Å²) in [5.74, 6) is 0.0419. The number of anilines is 1. The van der Waals surface area contributed by atoms with Gasteiger partial charge in [0.2, 0.25) is 5.91 Å². The largest absolute Gasteiger partial charge is 0.481 e. The van der Waals surface area contributed by atoms with E-state index in [1.54, 1.807) is 12.1 Å². The lowest BCUT2D eigenvalue weighted by Crippen LogP contribution is -2.45. The molecule has 0 saturated heterocycles. The first-order valence-electron chi connectivity index (χ1n) is 12.4. The first-order chi connectivity index (χ1) is 17.2. The van der Waals surface area contributed by atoms with Gasteiger partial charge in [0.1, 0.15) is 11.6 Å². The average molecular weight is 489 g/mol. The van der Waals surface area contributed by atoms with Crippen LogP contribution in [-0.4, -0.2) is 29.4 Å². The predicted molar refractivity (Wildman–Crippen MR) is 139 cm³/mol. The molecule has 0 bridgehead atoms. The van der Waals surface area contributed by atoms with Crippen LogP contribution in [0.25, 0.3) is 0 Å². The van der Waals surface area contributed by atoms with Crippen LogP contribution in [0.2, 0.25) is 0 Å². The van der Waals surface area contributed by atoms with Crippen molar-refractivity contribution in [2.75, 3.05) is 11.9 Å². The molecule has 1 aliphatic rings. The average Bonchev–Trinajstić information content (AvgIpc) is 2.86. The maximum absolute atomic E-state index is 13.7. The van der Waals surface area contributed by atoms with Crippen molar-refractivity contribution in [2.24, 2.45) is 5.41 Å². The molecule has 4 rings (SSSR count). The number of benzene rings is 3. The highest BCUT2D eigenvalue weighted by atomic mass is 19.1. The highest BCUT2D eigenvalue weighted by Gasteiger charge is 2.37. The summed E-state index contributed by atoms with van der Waals surface area (Å²) in [4.78, 5) is 28.2. The van der Waals surface area contributed by atoms with Crippen LogP contribution in [0, 0.1) is 11.2 Å². The SMILES string of the molecule is CC[C@H](Oc1ccc2c(c1)[C@H](c1ccc(F)cc1)N(C(=O)C(C)(C)C)CC2)C(=O)Nc1ccccc1. The number of fused-ring (bicyclic) bond motifs is 1. The van der Waals surface area contributed by atoms with Gasteiger partial charge >= 0.3 is 0 Å². The van der Waals surface area contributed by atoms with Crippen molar-refractivity contribution < 1.29 is 18.7 Å². The Labute approximate surface area is 212 Å². The van der Waals surface area contributed by atoms with Gasteiger partial charge in [-0.3, -0.25) is 9.59 Å². The van der Waals surface area contributed by atoms with E-state index < -0.39 is 11.5 Å². The minimum absolute atomic E-state index is 0.0301. The molecule has 0 aliphatic carbocycles. The Kier molecular flexibility index (Phi) is 7.43. The third kappa shape index (κ3) is 5.59. The topological polar surface area (TPSA) is 58.6 Å². The van der Waals surface area contributed by atoms with Crippen LogP contribution < -0.4 is 10.1 Å². The lowest BCUT2D eigenvalue weighted by molar-refractivity contribution is -0.141. The minimum Gasteiger partial charge on any atom is -0.481 e. The highest BCUT2D eigenvalue weighted by Crippen LogP contribution is 2.39. The monoisotopic (exact) mass is 488 g/mol. The van der Waals surface area contributed by atoms with Gasteiger partial charge in [-0.05, 0) is 65.9 Å². The third-order valence-corrected chi connectivity index (χ3v) is 6.42. The lowest BCUT2D eigenvalue weighted by Gasteiger charge is -2.41. The molecule has 0 saturated carbocycles. The number of ether oxygens (including phenoxy) is 1. The maximum Gasteiger partial charge on any atom is 0.265 e. The van der Waals surface area contributed by atoms with Gasteiger partial charge in [-0.1, -0.05) is 64.1 Å². The smallest absolute Gasteiger partial charge is 0.265 e. The van der Waals surface area contributed by atoms with Crippen molar-refractivity contribution in [1.29, 1.82) is 0 Å². The molecule has 0 fully saturated rings. The van der Waals surface area contributed by atoms with Crippen molar-refractivity contribution in [1.82, 2.24) is 4.90 Å². The fraction of sp³-hybridized carbons (Fsp3) is 0.333. The predicted octanol–water partition coefficient (Wildman–Crippen LogP) is 6.14. The first kappa shape index (κ1) is 25.4. The lowest BCUT2D eigenvalue weighted by atomic mass is 9.85. The molecule has 36 heavy (non-hydrogen) atoms. The highest BCUT2D eigenvalue weighted by molar-refractivity contribution is 5.94. The summed E-state index contributed by atoms with van der Waals surface area (Å²) in [6.07, 6.45) is 0.524. The molecule has 0 radical (unpaired) electrons. The summed E-state index contributed by atoms with van der Waals surface area (Å²) >= 11 is 0. The van der Waals surface area contributed by atoms with Crippen LogP contribution in [0.3, 0.4) is 0 Å². The van der Waals surface area contributed by atoms with E-state index in [1.807, 2.05) is 81.1 Å². The van der Waals surface area contributed by atoms with Gasteiger partial charge in [0.25, 0.3) is 5.91 Å². The van der Waals surface area contributed by atoms with E-state index in [4.69, 9.17) is 4.74 Å².